The number of anilines is 1. The molecule has 0 unspecified atom stereocenters. The molecule has 0 radical (unpaired) electrons. The van der Waals surface area contributed by atoms with Crippen LogP contribution in [0.2, 0.25) is 0 Å². The topological polar surface area (TPSA) is 64.7 Å². The highest BCUT2D eigenvalue weighted by molar-refractivity contribution is 5.89. The maximum absolute atomic E-state index is 12.9. The van der Waals surface area contributed by atoms with Crippen LogP contribution in [0.4, 0.5) is 14.9 Å². The molecule has 24 heavy (non-hydrogen) atoms. The van der Waals surface area contributed by atoms with Crippen LogP contribution < -0.4 is 10.6 Å². The summed E-state index contributed by atoms with van der Waals surface area (Å²) in [5, 5.41) is 5.66. The van der Waals surface area contributed by atoms with Gasteiger partial charge in [-0.3, -0.25) is 9.69 Å². The summed E-state index contributed by atoms with van der Waals surface area (Å²) in [7, 11) is 0. The lowest BCUT2D eigenvalue weighted by molar-refractivity contribution is -0.126. The van der Waals surface area contributed by atoms with E-state index in [-0.39, 0.29) is 29.8 Å². The average molecular weight is 336 g/mol. The van der Waals surface area contributed by atoms with Gasteiger partial charge in [0.25, 0.3) is 0 Å². The lowest BCUT2D eigenvalue weighted by Crippen LogP contribution is -2.56. The summed E-state index contributed by atoms with van der Waals surface area (Å²) < 4.78 is 12.9. The van der Waals surface area contributed by atoms with Crippen LogP contribution in [0.25, 0.3) is 0 Å². The van der Waals surface area contributed by atoms with Crippen LogP contribution in [0.3, 0.4) is 0 Å². The number of nitrogens with zero attached hydrogens (tertiary/aromatic N) is 2. The van der Waals surface area contributed by atoms with Crippen molar-refractivity contribution >= 4 is 17.6 Å². The summed E-state index contributed by atoms with van der Waals surface area (Å²) in [5.74, 6) is -0.329. The Hall–Kier alpha value is -2.15. The molecule has 1 aromatic rings. The van der Waals surface area contributed by atoms with Gasteiger partial charge in [-0.1, -0.05) is 0 Å². The predicted octanol–water partition coefficient (Wildman–Crippen LogP) is 1.89. The van der Waals surface area contributed by atoms with Gasteiger partial charge in [0.1, 0.15) is 5.82 Å². The number of hydrogen-bond acceptors (Lipinski definition) is 3. The smallest absolute Gasteiger partial charge is 0.321 e. The van der Waals surface area contributed by atoms with Crippen molar-refractivity contribution in [1.82, 2.24) is 15.1 Å². The van der Waals surface area contributed by atoms with Crippen LogP contribution in [-0.4, -0.2) is 60.0 Å². The van der Waals surface area contributed by atoms with E-state index in [4.69, 9.17) is 0 Å². The third kappa shape index (κ3) is 4.92. The molecule has 1 saturated heterocycles. The van der Waals surface area contributed by atoms with Gasteiger partial charge in [0.15, 0.2) is 0 Å². The van der Waals surface area contributed by atoms with Crippen molar-refractivity contribution in [2.45, 2.75) is 32.9 Å². The minimum atomic E-state index is -0.338. The van der Waals surface area contributed by atoms with E-state index in [9.17, 15) is 14.0 Å². The van der Waals surface area contributed by atoms with Crippen LogP contribution >= 0.6 is 0 Å². The van der Waals surface area contributed by atoms with Crippen molar-refractivity contribution < 1.29 is 14.0 Å². The quantitative estimate of drug-likeness (QED) is 0.882. The summed E-state index contributed by atoms with van der Waals surface area (Å²) >= 11 is 0. The van der Waals surface area contributed by atoms with Gasteiger partial charge in [0, 0.05) is 37.9 Å². The lowest BCUT2D eigenvalue weighted by Gasteiger charge is -2.37. The largest absolute Gasteiger partial charge is 0.353 e. The van der Waals surface area contributed by atoms with Crippen LogP contribution in [0.1, 0.15) is 20.8 Å². The molecule has 1 heterocycles. The van der Waals surface area contributed by atoms with Gasteiger partial charge in [0.05, 0.1) is 6.04 Å². The Labute approximate surface area is 142 Å². The standard InChI is InChI=1S/C17H25FN4O2/c1-12(2)19-16(23)13(3)21-8-10-22(11-9-21)17(24)20-15-6-4-14(18)5-7-15/h4-7,12-13H,8-11H2,1-3H3,(H,19,23)(H,20,24)/t13-/m1/s1. The van der Waals surface area contributed by atoms with Crippen molar-refractivity contribution in [1.29, 1.82) is 0 Å². The number of amides is 3. The van der Waals surface area contributed by atoms with E-state index in [1.54, 1.807) is 4.90 Å². The highest BCUT2D eigenvalue weighted by atomic mass is 19.1. The molecule has 7 heteroatoms. The first kappa shape index (κ1) is 18.2. The minimum absolute atomic E-state index is 0.00853. The summed E-state index contributed by atoms with van der Waals surface area (Å²) in [6.45, 7) is 8.13. The molecule has 6 nitrogen and oxygen atoms in total. The molecule has 1 aliphatic heterocycles. The van der Waals surface area contributed by atoms with Gasteiger partial charge < -0.3 is 15.5 Å². The fourth-order valence-corrected chi connectivity index (χ4v) is 2.62. The van der Waals surface area contributed by atoms with Gasteiger partial charge >= 0.3 is 6.03 Å². The summed E-state index contributed by atoms with van der Waals surface area (Å²) in [6.07, 6.45) is 0. The molecule has 3 amide bonds. The van der Waals surface area contributed by atoms with Crippen molar-refractivity contribution in [2.24, 2.45) is 0 Å². The third-order valence-electron chi connectivity index (χ3n) is 4.06. The summed E-state index contributed by atoms with van der Waals surface area (Å²) in [5.41, 5.74) is 0.563. The maximum atomic E-state index is 12.9. The number of carbonyl (C=O) groups is 2. The van der Waals surface area contributed by atoms with Gasteiger partial charge in [-0.05, 0) is 45.0 Å². The number of piperazine rings is 1. The zero-order valence-corrected chi connectivity index (χ0v) is 14.4. The molecule has 0 bridgehead atoms. The van der Waals surface area contributed by atoms with Crippen molar-refractivity contribution in [3.8, 4) is 0 Å². The molecule has 1 aromatic carbocycles. The summed E-state index contributed by atoms with van der Waals surface area (Å²) in [6, 6.07) is 5.37. The number of urea groups is 1. The number of nitrogens with one attached hydrogen (secondary N) is 2. The Morgan fingerprint density at radius 1 is 1.04 bits per heavy atom. The van der Waals surface area contributed by atoms with Crippen molar-refractivity contribution in [3.63, 3.8) is 0 Å². The van der Waals surface area contributed by atoms with E-state index < -0.39 is 0 Å². The van der Waals surface area contributed by atoms with E-state index >= 15 is 0 Å². The molecule has 0 aromatic heterocycles. The Morgan fingerprint density at radius 2 is 1.62 bits per heavy atom. The molecular weight excluding hydrogens is 311 g/mol. The Kier molecular flexibility index (Phi) is 6.14. The van der Waals surface area contributed by atoms with Gasteiger partial charge in [-0.15, -0.1) is 0 Å². The first-order valence-electron chi connectivity index (χ1n) is 8.22. The molecule has 0 spiro atoms. The first-order valence-corrected chi connectivity index (χ1v) is 8.22. The third-order valence-corrected chi connectivity index (χ3v) is 4.06. The molecule has 132 valence electrons. The molecule has 1 atom stereocenters. The van der Waals surface area contributed by atoms with Crippen LogP contribution in [-0.2, 0) is 4.79 Å². The normalized spacial score (nSPS) is 16.8. The molecule has 2 rings (SSSR count). The van der Waals surface area contributed by atoms with Crippen molar-refractivity contribution in [3.05, 3.63) is 30.1 Å². The van der Waals surface area contributed by atoms with E-state index in [1.165, 1.54) is 24.3 Å². The number of benzene rings is 1. The second kappa shape index (κ2) is 8.10. The number of rotatable bonds is 4. The van der Waals surface area contributed by atoms with Crippen LogP contribution in [0, 0.1) is 5.82 Å². The van der Waals surface area contributed by atoms with E-state index in [1.807, 2.05) is 20.8 Å². The SMILES string of the molecule is CC(C)NC(=O)[C@@H](C)N1CCN(C(=O)Nc2ccc(F)cc2)CC1. The first-order chi connectivity index (χ1) is 11.4. The summed E-state index contributed by atoms with van der Waals surface area (Å²) in [4.78, 5) is 28.1. The highest BCUT2D eigenvalue weighted by Gasteiger charge is 2.27. The molecule has 0 saturated carbocycles. The Balaban J connectivity index is 1.82. The monoisotopic (exact) mass is 336 g/mol. The van der Waals surface area contributed by atoms with E-state index in [2.05, 4.69) is 15.5 Å². The fourth-order valence-electron chi connectivity index (χ4n) is 2.62. The molecule has 1 aliphatic rings. The average Bonchev–Trinajstić information content (AvgIpc) is 2.55. The fraction of sp³-hybridized carbons (Fsp3) is 0.529. The van der Waals surface area contributed by atoms with Crippen molar-refractivity contribution in [2.75, 3.05) is 31.5 Å². The van der Waals surface area contributed by atoms with Gasteiger partial charge in [0.2, 0.25) is 5.91 Å². The van der Waals surface area contributed by atoms with Crippen LogP contribution in [0.5, 0.6) is 0 Å². The number of halogens is 1. The second-order valence-electron chi connectivity index (χ2n) is 6.30. The van der Waals surface area contributed by atoms with E-state index in [0.717, 1.165) is 0 Å². The number of carbonyl (C=O) groups excluding carboxylic acids is 2. The Bertz CT molecular complexity index is 568. The molecular formula is C17H25FN4O2. The van der Waals surface area contributed by atoms with Gasteiger partial charge in [-0.25, -0.2) is 9.18 Å². The predicted molar refractivity (Wildman–Crippen MR) is 91.3 cm³/mol. The zero-order chi connectivity index (χ0) is 17.7. The molecule has 0 aliphatic carbocycles. The second-order valence-corrected chi connectivity index (χ2v) is 6.30. The minimum Gasteiger partial charge on any atom is -0.353 e. The van der Waals surface area contributed by atoms with E-state index in [0.29, 0.717) is 31.9 Å². The molecule has 2 N–H and O–H groups in total. The zero-order valence-electron chi connectivity index (χ0n) is 14.4. The maximum Gasteiger partial charge on any atom is 0.321 e. The highest BCUT2D eigenvalue weighted by Crippen LogP contribution is 2.12. The number of hydrogen-bond donors (Lipinski definition) is 2. The van der Waals surface area contributed by atoms with Crippen LogP contribution in [0.15, 0.2) is 24.3 Å². The Morgan fingerprint density at radius 3 is 2.17 bits per heavy atom. The molecule has 1 fully saturated rings. The lowest BCUT2D eigenvalue weighted by atomic mass is 10.2. The van der Waals surface area contributed by atoms with Gasteiger partial charge in [-0.2, -0.15) is 0 Å².